The van der Waals surface area contributed by atoms with Crippen LogP contribution in [0.5, 0.6) is 0 Å². The number of carbonyl (C=O) groups is 1. The molecule has 22 heavy (non-hydrogen) atoms. The van der Waals surface area contributed by atoms with Gasteiger partial charge in [-0.1, -0.05) is 85.0 Å². The van der Waals surface area contributed by atoms with E-state index in [4.69, 9.17) is 4.43 Å². The van der Waals surface area contributed by atoms with Crippen molar-refractivity contribution in [1.29, 1.82) is 0 Å². The van der Waals surface area contributed by atoms with E-state index in [1.54, 1.807) is 0 Å². The lowest BCUT2D eigenvalue weighted by molar-refractivity contribution is -0.134. The van der Waals surface area contributed by atoms with Gasteiger partial charge in [0.25, 0.3) is 5.97 Å². The number of hydrogen-bond acceptors (Lipinski definition) is 2. The van der Waals surface area contributed by atoms with Gasteiger partial charge in [0.05, 0.1) is 0 Å². The fourth-order valence-electron chi connectivity index (χ4n) is 3.19. The third-order valence-electron chi connectivity index (χ3n) is 4.93. The highest BCUT2D eigenvalue weighted by molar-refractivity contribution is 6.05. The van der Waals surface area contributed by atoms with Crippen LogP contribution in [0.15, 0.2) is 0 Å². The summed E-state index contributed by atoms with van der Waals surface area (Å²) in [6.07, 6.45) is 17.6. The molecule has 0 radical (unpaired) electrons. The van der Waals surface area contributed by atoms with Gasteiger partial charge in [0.1, 0.15) is 0 Å². The molecule has 0 heterocycles. The summed E-state index contributed by atoms with van der Waals surface area (Å²) < 4.78 is 4.96. The van der Waals surface area contributed by atoms with Gasteiger partial charge in [0.15, 0.2) is 0 Å². The molecular weight excluding hydrogens is 288 g/mol. The minimum atomic E-state index is 0.00913. The number of hydrogen-bond donors (Lipinski definition) is 0. The Hall–Kier alpha value is -0.313. The fraction of sp³-hybridized carbons (Fsp3) is 0.947. The van der Waals surface area contributed by atoms with Crippen LogP contribution in [-0.2, 0) is 9.22 Å². The molecule has 0 N–H and O–H groups in total. The Morgan fingerprint density at radius 1 is 0.818 bits per heavy atom. The zero-order valence-corrected chi connectivity index (χ0v) is 17.7. The van der Waals surface area contributed by atoms with Crippen molar-refractivity contribution in [3.05, 3.63) is 0 Å². The van der Waals surface area contributed by atoms with Gasteiger partial charge in [-0.15, -0.1) is 0 Å². The smallest absolute Gasteiger partial charge is 0.291 e. The molecule has 0 rings (SSSR count). The normalized spacial score (nSPS) is 11.8. The predicted molar refractivity (Wildman–Crippen MR) is 100 cm³/mol. The minimum absolute atomic E-state index is 0.00913. The van der Waals surface area contributed by atoms with Crippen molar-refractivity contribution in [2.75, 3.05) is 0 Å². The van der Waals surface area contributed by atoms with E-state index >= 15 is 0 Å². The summed E-state index contributed by atoms with van der Waals surface area (Å²) in [7, 11) is 0.532. The van der Waals surface area contributed by atoms with E-state index in [-0.39, 0.29) is 5.97 Å². The molecule has 3 heteroatoms. The van der Waals surface area contributed by atoms with Crippen molar-refractivity contribution in [3.8, 4) is 0 Å². The first-order chi connectivity index (χ1) is 10.6. The molecule has 0 spiro atoms. The van der Waals surface area contributed by atoms with Crippen molar-refractivity contribution >= 4 is 16.5 Å². The van der Waals surface area contributed by atoms with Gasteiger partial charge in [0.2, 0.25) is 10.5 Å². The van der Waals surface area contributed by atoms with Crippen LogP contribution >= 0.6 is 0 Å². The molecule has 0 atom stereocenters. The second kappa shape index (κ2) is 14.3. The number of rotatable bonds is 15. The summed E-state index contributed by atoms with van der Waals surface area (Å²) >= 11 is 0. The van der Waals surface area contributed by atoms with Crippen molar-refractivity contribution in [3.63, 3.8) is 0 Å². The third kappa shape index (κ3) is 12.3. The monoisotopic (exact) mass is 328 g/mol. The molecule has 0 unspecified atom stereocenters. The first-order valence-corrected chi connectivity index (χ1v) is 10.5. The van der Waals surface area contributed by atoms with E-state index in [0.29, 0.717) is 22.3 Å². The molecule has 0 aliphatic heterocycles. The maximum Gasteiger partial charge on any atom is 0.291 e. The Kier molecular flexibility index (Phi) is 14.1. The average molecular weight is 329 g/mol. The Morgan fingerprint density at radius 2 is 1.27 bits per heavy atom. The molecule has 2 nitrogen and oxygen atoms in total. The van der Waals surface area contributed by atoms with Crippen LogP contribution in [0.1, 0.15) is 111 Å². The topological polar surface area (TPSA) is 26.3 Å². The second-order valence-corrected chi connectivity index (χ2v) is 7.62. The fourth-order valence-corrected chi connectivity index (χ4v) is 3.40. The summed E-state index contributed by atoms with van der Waals surface area (Å²) in [5.41, 5.74) is 0.341. The van der Waals surface area contributed by atoms with Crippen LogP contribution in [0.4, 0.5) is 0 Å². The lowest BCUT2D eigenvalue weighted by Gasteiger charge is -2.30. The Labute approximate surface area is 142 Å². The van der Waals surface area contributed by atoms with Crippen LogP contribution in [0.3, 0.4) is 0 Å². The van der Waals surface area contributed by atoms with Gasteiger partial charge >= 0.3 is 0 Å². The molecule has 0 saturated carbocycles. The molecule has 0 aromatic carbocycles. The zero-order valence-electron chi connectivity index (χ0n) is 15.7. The molecule has 0 aromatic rings. The zero-order chi connectivity index (χ0) is 16.7. The highest BCUT2D eigenvalue weighted by Crippen LogP contribution is 2.36. The van der Waals surface area contributed by atoms with Gasteiger partial charge in [-0.2, -0.15) is 0 Å². The van der Waals surface area contributed by atoms with Crippen LogP contribution in [0, 0.1) is 5.41 Å². The number of unbranched alkanes of at least 4 members (excludes halogenated alkanes) is 8. The summed E-state index contributed by atoms with van der Waals surface area (Å²) in [6, 6.07) is 0. The molecule has 0 bridgehead atoms. The molecule has 0 aliphatic rings. The van der Waals surface area contributed by atoms with Crippen LogP contribution in [0.25, 0.3) is 0 Å². The van der Waals surface area contributed by atoms with Gasteiger partial charge < -0.3 is 4.43 Å². The van der Waals surface area contributed by atoms with E-state index in [1.165, 1.54) is 77.0 Å². The standard InChI is InChI=1S/C19H40O2Si/c1-4-6-8-10-12-15-19(3,17-14-18(20)21-22)16-13-11-9-7-5-2/h4-17H2,1-3,22H3. The molecule has 0 saturated heterocycles. The molecule has 0 aromatic heterocycles. The highest BCUT2D eigenvalue weighted by Gasteiger charge is 2.24. The predicted octanol–water partition coefficient (Wildman–Crippen LogP) is 5.32. The molecule has 132 valence electrons. The van der Waals surface area contributed by atoms with Gasteiger partial charge in [0, 0.05) is 6.42 Å². The van der Waals surface area contributed by atoms with E-state index in [1.807, 2.05) is 0 Å². The third-order valence-corrected chi connectivity index (χ3v) is 5.38. The Morgan fingerprint density at radius 3 is 1.68 bits per heavy atom. The van der Waals surface area contributed by atoms with Crippen LogP contribution in [-0.4, -0.2) is 16.5 Å². The number of carbonyl (C=O) groups excluding carboxylic acids is 1. The van der Waals surface area contributed by atoms with Crippen molar-refractivity contribution in [1.82, 2.24) is 0 Å². The van der Waals surface area contributed by atoms with Crippen molar-refractivity contribution in [2.24, 2.45) is 5.41 Å². The van der Waals surface area contributed by atoms with Crippen molar-refractivity contribution < 1.29 is 9.22 Å². The Bertz CT molecular complexity index is 252. The van der Waals surface area contributed by atoms with Gasteiger partial charge in [-0.3, -0.25) is 4.79 Å². The molecular formula is C19H40O2Si. The molecule has 0 fully saturated rings. The average Bonchev–Trinajstić information content (AvgIpc) is 2.52. The summed E-state index contributed by atoms with van der Waals surface area (Å²) in [6.45, 7) is 6.92. The summed E-state index contributed by atoms with van der Waals surface area (Å²) in [5.74, 6) is 0.00913. The van der Waals surface area contributed by atoms with Gasteiger partial charge in [-0.25, -0.2) is 0 Å². The van der Waals surface area contributed by atoms with E-state index in [0.717, 1.165) is 6.42 Å². The van der Waals surface area contributed by atoms with Gasteiger partial charge in [-0.05, 0) is 24.7 Å². The minimum Gasteiger partial charge on any atom is -0.529 e. The van der Waals surface area contributed by atoms with E-state index in [2.05, 4.69) is 20.8 Å². The lowest BCUT2D eigenvalue weighted by Crippen LogP contribution is -2.19. The van der Waals surface area contributed by atoms with Crippen LogP contribution < -0.4 is 0 Å². The second-order valence-electron chi connectivity index (χ2n) is 7.22. The largest absolute Gasteiger partial charge is 0.529 e. The van der Waals surface area contributed by atoms with E-state index in [9.17, 15) is 4.79 Å². The first-order valence-electron chi connectivity index (χ1n) is 9.64. The van der Waals surface area contributed by atoms with Crippen LogP contribution in [0.2, 0.25) is 0 Å². The van der Waals surface area contributed by atoms with Crippen molar-refractivity contribution in [2.45, 2.75) is 111 Å². The molecule has 0 aliphatic carbocycles. The molecule has 0 amide bonds. The lowest BCUT2D eigenvalue weighted by atomic mass is 9.76. The summed E-state index contributed by atoms with van der Waals surface area (Å²) in [5, 5.41) is 0. The maximum atomic E-state index is 11.5. The van der Waals surface area contributed by atoms with E-state index < -0.39 is 0 Å². The quantitative estimate of drug-likeness (QED) is 0.300. The maximum absolute atomic E-state index is 11.5. The Balaban J connectivity index is 4.13. The first kappa shape index (κ1) is 21.7. The summed E-state index contributed by atoms with van der Waals surface area (Å²) in [4.78, 5) is 11.5. The highest BCUT2D eigenvalue weighted by atomic mass is 28.2. The SMILES string of the molecule is CCCCCCCC(C)(CCCCCCC)CCC(=O)O[SiH3].